The van der Waals surface area contributed by atoms with Crippen molar-refractivity contribution in [1.82, 2.24) is 15.0 Å². The Hall–Kier alpha value is -3.62. The van der Waals surface area contributed by atoms with Gasteiger partial charge in [-0.25, -0.2) is 14.8 Å². The number of ether oxygens (including phenoxy) is 2. The van der Waals surface area contributed by atoms with Gasteiger partial charge in [0.25, 0.3) is 0 Å². The van der Waals surface area contributed by atoms with Crippen molar-refractivity contribution in [2.45, 2.75) is 51.1 Å². The number of hydrogen-bond donors (Lipinski definition) is 2. The van der Waals surface area contributed by atoms with E-state index in [-0.39, 0.29) is 17.9 Å². The second-order valence-electron chi connectivity index (χ2n) is 10.4. The van der Waals surface area contributed by atoms with E-state index in [9.17, 15) is 18.0 Å². The van der Waals surface area contributed by atoms with Crippen LogP contribution in [-0.2, 0) is 15.1 Å². The summed E-state index contributed by atoms with van der Waals surface area (Å²) in [5, 5.41) is 2.81. The lowest BCUT2D eigenvalue weighted by atomic mass is 10.1. The molecule has 0 spiro atoms. The number of carbonyl (C=O) groups excluding carboxylic acids is 1. The molecule has 4 heterocycles. The van der Waals surface area contributed by atoms with Gasteiger partial charge in [0.2, 0.25) is 0 Å². The summed E-state index contributed by atoms with van der Waals surface area (Å²) in [7, 11) is 0. The molecule has 2 aromatic heterocycles. The van der Waals surface area contributed by atoms with Gasteiger partial charge in [-0.05, 0) is 76.4 Å². The van der Waals surface area contributed by atoms with Crippen molar-refractivity contribution in [2.24, 2.45) is 0 Å². The van der Waals surface area contributed by atoms with Crippen LogP contribution in [0.4, 0.5) is 35.3 Å². The molecule has 1 unspecified atom stereocenters. The first-order chi connectivity index (χ1) is 20.0. The Kier molecular flexibility index (Phi) is 8.76. The molecular formula is C28H31F3N6O4S. The monoisotopic (exact) mass is 604 g/mol. The van der Waals surface area contributed by atoms with Crippen LogP contribution >= 0.6 is 12.9 Å². The Labute approximate surface area is 246 Å². The number of urea groups is 1. The van der Waals surface area contributed by atoms with E-state index in [1.807, 2.05) is 0 Å². The van der Waals surface area contributed by atoms with E-state index < -0.39 is 23.6 Å². The molecular weight excluding hydrogens is 573 g/mol. The molecule has 2 aliphatic rings. The molecule has 2 amide bonds. The number of anilines is 3. The highest BCUT2D eigenvalue weighted by Crippen LogP contribution is 2.41. The first kappa shape index (κ1) is 29.9. The maximum atomic E-state index is 13.6. The summed E-state index contributed by atoms with van der Waals surface area (Å²) >= 11 is 3.78. The number of aromatic nitrogens is 3. The molecule has 0 saturated carbocycles. The van der Waals surface area contributed by atoms with Crippen molar-refractivity contribution in [1.29, 1.82) is 0 Å². The topological polar surface area (TPSA) is 102 Å². The number of benzene rings is 1. The van der Waals surface area contributed by atoms with Gasteiger partial charge in [0, 0.05) is 24.8 Å². The lowest BCUT2D eigenvalue weighted by molar-refractivity contribution is -0.146. The number of carbonyl (C=O) groups is 1. The number of fused-ring (bicyclic) bond motifs is 4. The molecule has 224 valence electrons. The number of unbranched alkanes of at least 4 members (excludes halogenated alkanes) is 1. The van der Waals surface area contributed by atoms with Gasteiger partial charge in [-0.3, -0.25) is 14.4 Å². The molecule has 3 aromatic rings. The minimum Gasteiger partial charge on any atom is -0.463 e. The molecule has 1 fully saturated rings. The molecule has 2 aliphatic heterocycles. The van der Waals surface area contributed by atoms with E-state index in [1.54, 1.807) is 43.0 Å². The van der Waals surface area contributed by atoms with E-state index in [1.165, 1.54) is 12.3 Å². The van der Waals surface area contributed by atoms with Gasteiger partial charge in [-0.2, -0.15) is 18.2 Å². The highest BCUT2D eigenvalue weighted by Gasteiger charge is 2.40. The molecule has 1 saturated heterocycles. The molecule has 2 bridgehead atoms. The number of halogens is 3. The third-order valence-electron chi connectivity index (χ3n) is 6.96. The number of rotatable bonds is 10. The highest BCUT2D eigenvalue weighted by molar-refractivity contribution is 7.75. The molecule has 5 rings (SSSR count). The molecule has 0 aliphatic carbocycles. The number of pyridine rings is 1. The SMILES string of the molecule is CC(C)(OS)OCCCCOc1nccc(NC(=O)N2c3nc(-c4cccc(C(F)(F)F)c4)ccc3N3CCC2C3)n1. The molecule has 10 nitrogen and oxygen atoms in total. The fourth-order valence-electron chi connectivity index (χ4n) is 4.85. The van der Waals surface area contributed by atoms with Crippen LogP contribution < -0.4 is 19.9 Å². The van der Waals surface area contributed by atoms with Gasteiger partial charge >= 0.3 is 18.2 Å². The van der Waals surface area contributed by atoms with Crippen LogP contribution in [0.5, 0.6) is 6.01 Å². The average Bonchev–Trinajstić information content (AvgIpc) is 3.38. The van der Waals surface area contributed by atoms with E-state index in [4.69, 9.17) is 13.7 Å². The molecule has 1 atom stereocenters. The van der Waals surface area contributed by atoms with Crippen molar-refractivity contribution in [3.63, 3.8) is 0 Å². The number of alkyl halides is 3. The molecule has 1 aromatic carbocycles. The van der Waals surface area contributed by atoms with E-state index in [2.05, 4.69) is 38.1 Å². The third-order valence-corrected chi connectivity index (χ3v) is 7.40. The Balaban J connectivity index is 1.27. The quantitative estimate of drug-likeness (QED) is 0.127. The second kappa shape index (κ2) is 12.3. The predicted octanol–water partition coefficient (Wildman–Crippen LogP) is 5.96. The molecule has 1 N–H and O–H groups in total. The number of amides is 2. The zero-order valence-corrected chi connectivity index (χ0v) is 24.0. The Bertz CT molecular complexity index is 1430. The zero-order valence-electron chi connectivity index (χ0n) is 23.1. The van der Waals surface area contributed by atoms with E-state index >= 15 is 0 Å². The van der Waals surface area contributed by atoms with Crippen LogP contribution in [-0.4, -0.2) is 59.1 Å². The maximum Gasteiger partial charge on any atom is 0.416 e. The largest absolute Gasteiger partial charge is 0.463 e. The Morgan fingerprint density at radius 2 is 1.93 bits per heavy atom. The van der Waals surface area contributed by atoms with E-state index in [0.717, 1.165) is 37.2 Å². The highest BCUT2D eigenvalue weighted by atomic mass is 32.1. The van der Waals surface area contributed by atoms with Gasteiger partial charge in [0.05, 0.1) is 36.2 Å². The van der Waals surface area contributed by atoms with Crippen LogP contribution in [0.3, 0.4) is 0 Å². The summed E-state index contributed by atoms with van der Waals surface area (Å²) < 4.78 is 56.1. The van der Waals surface area contributed by atoms with Crippen LogP contribution in [0.25, 0.3) is 11.3 Å². The summed E-state index contributed by atoms with van der Waals surface area (Å²) in [6.07, 6.45) is -0.862. The average molecular weight is 605 g/mol. The number of nitrogens with zero attached hydrogens (tertiary/aromatic N) is 5. The lowest BCUT2D eigenvalue weighted by Crippen LogP contribution is -2.48. The van der Waals surface area contributed by atoms with Crippen LogP contribution in [0, 0.1) is 0 Å². The van der Waals surface area contributed by atoms with Crippen LogP contribution in [0.1, 0.15) is 38.7 Å². The normalized spacial score (nSPS) is 16.4. The van der Waals surface area contributed by atoms with Crippen molar-refractivity contribution < 1.29 is 31.6 Å². The minimum absolute atomic E-state index is 0.115. The molecule has 14 heteroatoms. The lowest BCUT2D eigenvalue weighted by Gasteiger charge is -2.35. The smallest absolute Gasteiger partial charge is 0.416 e. The van der Waals surface area contributed by atoms with Gasteiger partial charge in [0.15, 0.2) is 11.6 Å². The van der Waals surface area contributed by atoms with Crippen molar-refractivity contribution in [2.75, 3.05) is 41.4 Å². The number of hydrogen-bond acceptors (Lipinski definition) is 9. The van der Waals surface area contributed by atoms with Gasteiger partial charge in [-0.15, -0.1) is 0 Å². The van der Waals surface area contributed by atoms with Crippen molar-refractivity contribution in [3.05, 3.63) is 54.2 Å². The first-order valence-corrected chi connectivity index (χ1v) is 13.9. The third kappa shape index (κ3) is 6.88. The summed E-state index contributed by atoms with van der Waals surface area (Å²) in [6.45, 7) is 5.71. The fraction of sp³-hybridized carbons (Fsp3) is 0.429. The molecule has 42 heavy (non-hydrogen) atoms. The van der Waals surface area contributed by atoms with Gasteiger partial charge < -0.3 is 14.4 Å². The van der Waals surface area contributed by atoms with E-state index in [0.29, 0.717) is 43.3 Å². The van der Waals surface area contributed by atoms with Crippen LogP contribution in [0.15, 0.2) is 48.7 Å². The summed E-state index contributed by atoms with van der Waals surface area (Å²) in [5.41, 5.74) is 0.628. The second-order valence-corrected chi connectivity index (χ2v) is 10.6. The standard InChI is InChI=1S/C28H31F3N6O4S/c1-27(2,41-42)40-15-4-3-14-39-25-32-12-10-23(34-25)35-26(38)37-20-11-13-36(17-20)22-9-8-21(33-24(22)37)18-6-5-7-19(16-18)28(29,30)31/h5-10,12,16,20,42H,3-4,11,13-15,17H2,1-2H3,(H,32,34,35,38). The number of nitrogens with one attached hydrogen (secondary N) is 1. The summed E-state index contributed by atoms with van der Waals surface area (Å²) in [6, 6.07) is 9.53. The predicted molar refractivity (Wildman–Crippen MR) is 154 cm³/mol. The van der Waals surface area contributed by atoms with Crippen LogP contribution in [0.2, 0.25) is 0 Å². The Morgan fingerprint density at radius 3 is 2.71 bits per heavy atom. The fourth-order valence-corrected chi connectivity index (χ4v) is 4.90. The number of thiol groups is 1. The van der Waals surface area contributed by atoms with Gasteiger partial charge in [0.1, 0.15) is 5.82 Å². The van der Waals surface area contributed by atoms with Crippen molar-refractivity contribution >= 4 is 36.3 Å². The van der Waals surface area contributed by atoms with Crippen molar-refractivity contribution in [3.8, 4) is 17.3 Å². The maximum absolute atomic E-state index is 13.6. The zero-order chi connectivity index (χ0) is 29.9. The minimum atomic E-state index is -4.48. The Morgan fingerprint density at radius 1 is 1.12 bits per heavy atom. The first-order valence-electron chi connectivity index (χ1n) is 13.5. The molecule has 0 radical (unpaired) electrons. The van der Waals surface area contributed by atoms with Gasteiger partial charge in [-0.1, -0.05) is 12.1 Å². The summed E-state index contributed by atoms with van der Waals surface area (Å²) in [5.74, 6) is -0.145. The summed E-state index contributed by atoms with van der Waals surface area (Å²) in [4.78, 5) is 30.4.